The van der Waals surface area contributed by atoms with Gasteiger partial charge in [-0.2, -0.15) is 0 Å². The molecule has 0 saturated carbocycles. The van der Waals surface area contributed by atoms with Gasteiger partial charge < -0.3 is 5.32 Å². The van der Waals surface area contributed by atoms with Crippen molar-refractivity contribution in [2.75, 3.05) is 24.9 Å². The molecule has 0 fully saturated rings. The second kappa shape index (κ2) is 5.04. The van der Waals surface area contributed by atoms with E-state index in [1.54, 1.807) is 0 Å². The zero-order valence-corrected chi connectivity index (χ0v) is 9.46. The van der Waals surface area contributed by atoms with Crippen molar-refractivity contribution in [3.63, 3.8) is 0 Å². The molecule has 0 saturated heterocycles. The molecule has 0 radical (unpaired) electrons. The molecule has 0 aromatic carbocycles. The molecular weight excluding hydrogens is 154 g/mol. The standard InChI is InChI=1S/C9H23NS/c1-9(2,3)6-7-10-8-11(4)5/h10-11H,6-8H2,1-5H3. The Morgan fingerprint density at radius 3 is 2.09 bits per heavy atom. The van der Waals surface area contributed by atoms with Crippen LogP contribution in [0.15, 0.2) is 0 Å². The summed E-state index contributed by atoms with van der Waals surface area (Å²) in [7, 11) is 0.241. The highest BCUT2D eigenvalue weighted by molar-refractivity contribution is 8.15. The minimum atomic E-state index is 0.241. The number of hydrogen-bond acceptors (Lipinski definition) is 1. The lowest BCUT2D eigenvalue weighted by Gasteiger charge is -2.19. The Morgan fingerprint density at radius 1 is 1.18 bits per heavy atom. The minimum Gasteiger partial charge on any atom is -0.309 e. The molecular formula is C9H23NS. The molecule has 0 unspecified atom stereocenters. The molecule has 0 aromatic rings. The summed E-state index contributed by atoms with van der Waals surface area (Å²) in [5.74, 6) is 1.21. The SMILES string of the molecule is C[SH](C)CNCCC(C)(C)C. The first-order chi connectivity index (χ1) is 4.92. The van der Waals surface area contributed by atoms with E-state index in [0.717, 1.165) is 0 Å². The number of rotatable bonds is 4. The Morgan fingerprint density at radius 2 is 1.73 bits per heavy atom. The van der Waals surface area contributed by atoms with Gasteiger partial charge in [-0.25, -0.2) is 10.9 Å². The Kier molecular flexibility index (Phi) is 5.19. The van der Waals surface area contributed by atoms with E-state index in [1.807, 2.05) is 0 Å². The van der Waals surface area contributed by atoms with Gasteiger partial charge in [-0.1, -0.05) is 20.8 Å². The predicted molar refractivity (Wildman–Crippen MR) is 57.8 cm³/mol. The molecule has 0 bridgehead atoms. The zero-order valence-electron chi connectivity index (χ0n) is 8.57. The highest BCUT2D eigenvalue weighted by Crippen LogP contribution is 2.17. The summed E-state index contributed by atoms with van der Waals surface area (Å²) in [5, 5.41) is 3.47. The van der Waals surface area contributed by atoms with Crippen molar-refractivity contribution in [2.45, 2.75) is 27.2 Å². The molecule has 1 N–H and O–H groups in total. The first kappa shape index (κ1) is 11.3. The third-order valence-electron chi connectivity index (χ3n) is 1.48. The summed E-state index contributed by atoms with van der Waals surface area (Å²) in [6, 6.07) is 0. The molecule has 0 rings (SSSR count). The van der Waals surface area contributed by atoms with Crippen LogP contribution < -0.4 is 5.32 Å². The topological polar surface area (TPSA) is 12.0 Å². The second-order valence-electron chi connectivity index (χ2n) is 4.55. The third kappa shape index (κ3) is 10.3. The molecule has 0 amide bonds. The van der Waals surface area contributed by atoms with E-state index in [4.69, 9.17) is 0 Å². The second-order valence-corrected chi connectivity index (χ2v) is 7.02. The molecule has 0 aliphatic carbocycles. The molecule has 2 heteroatoms. The lowest BCUT2D eigenvalue weighted by molar-refractivity contribution is 0.372. The van der Waals surface area contributed by atoms with E-state index in [9.17, 15) is 0 Å². The molecule has 0 atom stereocenters. The van der Waals surface area contributed by atoms with E-state index >= 15 is 0 Å². The van der Waals surface area contributed by atoms with Crippen LogP contribution >= 0.6 is 10.9 Å². The van der Waals surface area contributed by atoms with Crippen LogP contribution in [0, 0.1) is 5.41 Å². The smallest absolute Gasteiger partial charge is 0.0233 e. The fourth-order valence-electron chi connectivity index (χ4n) is 0.766. The van der Waals surface area contributed by atoms with Gasteiger partial charge in [0.15, 0.2) is 0 Å². The van der Waals surface area contributed by atoms with Gasteiger partial charge in [-0.3, -0.25) is 0 Å². The van der Waals surface area contributed by atoms with Gasteiger partial charge in [0.25, 0.3) is 0 Å². The monoisotopic (exact) mass is 177 g/mol. The third-order valence-corrected chi connectivity index (χ3v) is 2.34. The zero-order chi connectivity index (χ0) is 8.91. The average Bonchev–Trinajstić information content (AvgIpc) is 1.78. The highest BCUT2D eigenvalue weighted by Gasteiger charge is 2.08. The lowest BCUT2D eigenvalue weighted by atomic mass is 9.92. The Bertz CT molecular complexity index is 94.2. The van der Waals surface area contributed by atoms with Crippen molar-refractivity contribution in [3.05, 3.63) is 0 Å². The van der Waals surface area contributed by atoms with Crippen LogP contribution in [0.25, 0.3) is 0 Å². The molecule has 0 spiro atoms. The van der Waals surface area contributed by atoms with Crippen LogP contribution in [0.4, 0.5) is 0 Å². The molecule has 70 valence electrons. The van der Waals surface area contributed by atoms with Crippen LogP contribution in [0.5, 0.6) is 0 Å². The Hall–Kier alpha value is 0.310. The van der Waals surface area contributed by atoms with Gasteiger partial charge in [0, 0.05) is 5.88 Å². The predicted octanol–water partition coefficient (Wildman–Crippen LogP) is 2.23. The molecule has 0 aliphatic heterocycles. The summed E-state index contributed by atoms with van der Waals surface area (Å²) >= 11 is 0. The van der Waals surface area contributed by atoms with Gasteiger partial charge in [0.05, 0.1) is 0 Å². The fourth-order valence-corrected chi connectivity index (χ4v) is 1.37. The van der Waals surface area contributed by atoms with Crippen molar-refractivity contribution in [1.82, 2.24) is 5.32 Å². The van der Waals surface area contributed by atoms with E-state index in [1.165, 1.54) is 18.8 Å². The van der Waals surface area contributed by atoms with Gasteiger partial charge in [-0.05, 0) is 30.9 Å². The van der Waals surface area contributed by atoms with Crippen molar-refractivity contribution < 1.29 is 0 Å². The van der Waals surface area contributed by atoms with Crippen molar-refractivity contribution in [2.24, 2.45) is 5.41 Å². The Balaban J connectivity index is 3.15. The maximum absolute atomic E-state index is 3.47. The maximum atomic E-state index is 3.47. The first-order valence-electron chi connectivity index (χ1n) is 4.27. The highest BCUT2D eigenvalue weighted by atomic mass is 32.2. The fraction of sp³-hybridized carbons (Fsp3) is 1.00. The maximum Gasteiger partial charge on any atom is 0.0233 e. The Labute approximate surface area is 74.3 Å². The average molecular weight is 177 g/mol. The van der Waals surface area contributed by atoms with Crippen molar-refractivity contribution >= 4 is 10.9 Å². The summed E-state index contributed by atoms with van der Waals surface area (Å²) in [4.78, 5) is 0. The first-order valence-corrected chi connectivity index (χ1v) is 6.69. The van der Waals surface area contributed by atoms with E-state index < -0.39 is 0 Å². The molecule has 1 nitrogen and oxygen atoms in total. The molecule has 0 heterocycles. The lowest BCUT2D eigenvalue weighted by Crippen LogP contribution is -2.21. The van der Waals surface area contributed by atoms with E-state index in [0.29, 0.717) is 5.41 Å². The van der Waals surface area contributed by atoms with Gasteiger partial charge in [0.1, 0.15) is 0 Å². The number of thiol groups is 1. The van der Waals surface area contributed by atoms with E-state index in [2.05, 4.69) is 38.6 Å². The van der Waals surface area contributed by atoms with E-state index in [-0.39, 0.29) is 10.9 Å². The van der Waals surface area contributed by atoms with Gasteiger partial charge >= 0.3 is 0 Å². The number of nitrogens with one attached hydrogen (secondary N) is 1. The number of hydrogen-bond donors (Lipinski definition) is 2. The minimum absolute atomic E-state index is 0.241. The van der Waals surface area contributed by atoms with Gasteiger partial charge in [0.2, 0.25) is 0 Å². The molecule has 11 heavy (non-hydrogen) atoms. The quantitative estimate of drug-likeness (QED) is 0.496. The van der Waals surface area contributed by atoms with Crippen LogP contribution in [-0.4, -0.2) is 24.9 Å². The van der Waals surface area contributed by atoms with Crippen LogP contribution in [0.2, 0.25) is 0 Å². The van der Waals surface area contributed by atoms with Crippen LogP contribution in [0.1, 0.15) is 27.2 Å². The normalized spacial score (nSPS) is 13.4. The van der Waals surface area contributed by atoms with Crippen molar-refractivity contribution in [3.8, 4) is 0 Å². The largest absolute Gasteiger partial charge is 0.309 e. The van der Waals surface area contributed by atoms with Crippen molar-refractivity contribution in [1.29, 1.82) is 0 Å². The summed E-state index contributed by atoms with van der Waals surface area (Å²) in [6.45, 7) is 8.03. The summed E-state index contributed by atoms with van der Waals surface area (Å²) in [6.07, 6.45) is 5.88. The molecule has 0 aliphatic rings. The summed E-state index contributed by atoms with van der Waals surface area (Å²) < 4.78 is 0. The van der Waals surface area contributed by atoms with Crippen LogP contribution in [0.3, 0.4) is 0 Å². The van der Waals surface area contributed by atoms with Crippen LogP contribution in [-0.2, 0) is 0 Å². The summed E-state index contributed by atoms with van der Waals surface area (Å²) in [5.41, 5.74) is 0.483. The van der Waals surface area contributed by atoms with Gasteiger partial charge in [-0.15, -0.1) is 0 Å². The molecule has 0 aromatic heterocycles.